The standard InChI is InChI=1S/C23H23N5OS/c1-15-24-21(14-30-15)16-8-10-18(11-9-16)25-23(29)28-12-4-5-17(13-28)22-26-19-6-2-3-7-20(19)27-22/h2-3,6-11,14,17H,4-5,12-13H2,1H3,(H,25,29)(H,26,27). The number of nitrogens with zero attached hydrogens (tertiary/aromatic N) is 3. The van der Waals surface area contributed by atoms with E-state index in [0.717, 1.165) is 58.2 Å². The number of likely N-dealkylation sites (tertiary alicyclic amines) is 1. The molecule has 1 atom stereocenters. The second-order valence-electron chi connectivity index (χ2n) is 7.68. The first-order valence-corrected chi connectivity index (χ1v) is 11.1. The van der Waals surface area contributed by atoms with Crippen LogP contribution in [0.5, 0.6) is 0 Å². The Morgan fingerprint density at radius 2 is 2.00 bits per heavy atom. The fourth-order valence-electron chi connectivity index (χ4n) is 3.97. The lowest BCUT2D eigenvalue weighted by molar-refractivity contribution is 0.191. The van der Waals surface area contributed by atoms with Crippen LogP contribution in [-0.2, 0) is 0 Å². The number of anilines is 1. The van der Waals surface area contributed by atoms with Crippen molar-refractivity contribution in [3.8, 4) is 11.3 Å². The van der Waals surface area contributed by atoms with Crippen LogP contribution in [0.2, 0.25) is 0 Å². The first-order valence-electron chi connectivity index (χ1n) is 10.2. The second-order valence-corrected chi connectivity index (χ2v) is 8.75. The molecule has 0 bridgehead atoms. The summed E-state index contributed by atoms with van der Waals surface area (Å²) in [5.74, 6) is 1.20. The number of thiazole rings is 1. The molecule has 3 heterocycles. The molecule has 0 aliphatic carbocycles. The lowest BCUT2D eigenvalue weighted by Gasteiger charge is -2.31. The van der Waals surface area contributed by atoms with Gasteiger partial charge in [-0.1, -0.05) is 24.3 Å². The van der Waals surface area contributed by atoms with Gasteiger partial charge in [0.05, 0.1) is 21.7 Å². The number of aromatic amines is 1. The van der Waals surface area contributed by atoms with Gasteiger partial charge in [0.1, 0.15) is 5.82 Å². The predicted octanol–water partition coefficient (Wildman–Crippen LogP) is 5.41. The number of piperidine rings is 1. The van der Waals surface area contributed by atoms with E-state index in [4.69, 9.17) is 4.98 Å². The Morgan fingerprint density at radius 3 is 2.77 bits per heavy atom. The summed E-state index contributed by atoms with van der Waals surface area (Å²) >= 11 is 1.64. The van der Waals surface area contributed by atoms with Crippen LogP contribution in [0.3, 0.4) is 0 Å². The van der Waals surface area contributed by atoms with Gasteiger partial charge in [-0.25, -0.2) is 14.8 Å². The zero-order chi connectivity index (χ0) is 20.5. The minimum atomic E-state index is -0.0620. The highest BCUT2D eigenvalue weighted by atomic mass is 32.1. The van der Waals surface area contributed by atoms with E-state index in [1.165, 1.54) is 0 Å². The number of carbonyl (C=O) groups excluding carboxylic acids is 1. The van der Waals surface area contributed by atoms with Crippen molar-refractivity contribution in [1.29, 1.82) is 0 Å². The Kier molecular flexibility index (Phi) is 4.96. The van der Waals surface area contributed by atoms with Crippen molar-refractivity contribution in [3.05, 3.63) is 64.7 Å². The minimum Gasteiger partial charge on any atom is -0.342 e. The molecule has 5 rings (SSSR count). The molecule has 0 spiro atoms. The van der Waals surface area contributed by atoms with E-state index in [1.807, 2.05) is 60.4 Å². The molecule has 1 unspecified atom stereocenters. The van der Waals surface area contributed by atoms with Crippen molar-refractivity contribution < 1.29 is 4.79 Å². The average Bonchev–Trinajstić information content (AvgIpc) is 3.41. The largest absolute Gasteiger partial charge is 0.342 e. The smallest absolute Gasteiger partial charge is 0.321 e. The molecule has 6 nitrogen and oxygen atoms in total. The number of carbonyl (C=O) groups is 1. The molecule has 1 aliphatic rings. The predicted molar refractivity (Wildman–Crippen MR) is 121 cm³/mol. The summed E-state index contributed by atoms with van der Waals surface area (Å²) in [6.45, 7) is 3.43. The van der Waals surface area contributed by atoms with Crippen LogP contribution in [-0.4, -0.2) is 39.0 Å². The maximum Gasteiger partial charge on any atom is 0.321 e. The highest BCUT2D eigenvalue weighted by molar-refractivity contribution is 7.09. The number of benzene rings is 2. The van der Waals surface area contributed by atoms with Crippen molar-refractivity contribution in [1.82, 2.24) is 19.9 Å². The second kappa shape index (κ2) is 7.91. The van der Waals surface area contributed by atoms with E-state index in [-0.39, 0.29) is 11.9 Å². The van der Waals surface area contributed by atoms with Gasteiger partial charge in [-0.05, 0) is 44.0 Å². The van der Waals surface area contributed by atoms with E-state index >= 15 is 0 Å². The number of nitrogens with one attached hydrogen (secondary N) is 2. The number of urea groups is 1. The summed E-state index contributed by atoms with van der Waals surface area (Å²) in [5, 5.41) is 6.13. The van der Waals surface area contributed by atoms with Gasteiger partial charge < -0.3 is 15.2 Å². The molecule has 30 heavy (non-hydrogen) atoms. The summed E-state index contributed by atoms with van der Waals surface area (Å²) in [4.78, 5) is 27.4. The van der Waals surface area contributed by atoms with Crippen LogP contribution in [0.4, 0.5) is 10.5 Å². The number of aromatic nitrogens is 3. The average molecular weight is 418 g/mol. The summed E-state index contributed by atoms with van der Waals surface area (Å²) in [6, 6.07) is 15.9. The number of aryl methyl sites for hydroxylation is 1. The van der Waals surface area contributed by atoms with Gasteiger partial charge in [0, 0.05) is 35.6 Å². The van der Waals surface area contributed by atoms with Crippen molar-refractivity contribution in [3.63, 3.8) is 0 Å². The number of amides is 2. The van der Waals surface area contributed by atoms with E-state index in [9.17, 15) is 4.79 Å². The third kappa shape index (κ3) is 3.80. The molecule has 2 amide bonds. The van der Waals surface area contributed by atoms with Crippen LogP contribution < -0.4 is 5.32 Å². The summed E-state index contributed by atoms with van der Waals surface area (Å²) in [5.41, 5.74) is 4.84. The molecule has 7 heteroatoms. The SMILES string of the molecule is Cc1nc(-c2ccc(NC(=O)N3CCCC(c4nc5ccccc5[nH]4)C3)cc2)cs1. The third-order valence-electron chi connectivity index (χ3n) is 5.55. The summed E-state index contributed by atoms with van der Waals surface area (Å²) in [6.07, 6.45) is 2.00. The molecule has 1 saturated heterocycles. The van der Waals surface area contributed by atoms with E-state index in [1.54, 1.807) is 11.3 Å². The first-order chi connectivity index (χ1) is 14.7. The Morgan fingerprint density at radius 1 is 1.17 bits per heavy atom. The van der Waals surface area contributed by atoms with Crippen LogP contribution >= 0.6 is 11.3 Å². The highest BCUT2D eigenvalue weighted by Gasteiger charge is 2.26. The lowest BCUT2D eigenvalue weighted by Crippen LogP contribution is -2.41. The van der Waals surface area contributed by atoms with E-state index in [2.05, 4.69) is 20.7 Å². The van der Waals surface area contributed by atoms with Crippen molar-refractivity contribution in [2.24, 2.45) is 0 Å². The molecule has 0 radical (unpaired) electrons. The van der Waals surface area contributed by atoms with Gasteiger partial charge in [0.2, 0.25) is 0 Å². The minimum absolute atomic E-state index is 0.0620. The molecule has 4 aromatic rings. The number of rotatable bonds is 3. The Labute approximate surface area is 179 Å². The fraction of sp³-hybridized carbons (Fsp3) is 0.261. The van der Waals surface area contributed by atoms with Gasteiger partial charge in [0.15, 0.2) is 0 Å². The topological polar surface area (TPSA) is 73.9 Å². The van der Waals surface area contributed by atoms with Gasteiger partial charge in [-0.3, -0.25) is 0 Å². The Hall–Kier alpha value is -3.19. The molecule has 2 aromatic heterocycles. The molecule has 1 fully saturated rings. The zero-order valence-corrected chi connectivity index (χ0v) is 17.6. The molecule has 2 aromatic carbocycles. The third-order valence-corrected chi connectivity index (χ3v) is 6.33. The van der Waals surface area contributed by atoms with Gasteiger partial charge in [0.25, 0.3) is 0 Å². The quantitative estimate of drug-likeness (QED) is 0.468. The molecule has 152 valence electrons. The van der Waals surface area contributed by atoms with Crippen LogP contribution in [0, 0.1) is 6.92 Å². The van der Waals surface area contributed by atoms with Crippen LogP contribution in [0.25, 0.3) is 22.3 Å². The van der Waals surface area contributed by atoms with Crippen LogP contribution in [0.1, 0.15) is 29.6 Å². The molecule has 0 saturated carbocycles. The maximum absolute atomic E-state index is 12.8. The Balaban J connectivity index is 1.25. The number of imidazole rings is 1. The molecule has 1 aliphatic heterocycles. The number of para-hydroxylation sites is 2. The fourth-order valence-corrected chi connectivity index (χ4v) is 4.60. The lowest BCUT2D eigenvalue weighted by atomic mass is 9.97. The monoisotopic (exact) mass is 417 g/mol. The molecular weight excluding hydrogens is 394 g/mol. The number of hydrogen-bond acceptors (Lipinski definition) is 4. The normalized spacial score (nSPS) is 16.7. The van der Waals surface area contributed by atoms with Crippen LogP contribution in [0.15, 0.2) is 53.9 Å². The van der Waals surface area contributed by atoms with Crippen molar-refractivity contribution in [2.45, 2.75) is 25.7 Å². The van der Waals surface area contributed by atoms with E-state index in [0.29, 0.717) is 6.54 Å². The first kappa shape index (κ1) is 18.8. The van der Waals surface area contributed by atoms with Gasteiger partial charge >= 0.3 is 6.03 Å². The highest BCUT2D eigenvalue weighted by Crippen LogP contribution is 2.28. The number of hydrogen-bond donors (Lipinski definition) is 2. The van der Waals surface area contributed by atoms with Gasteiger partial charge in [-0.2, -0.15) is 0 Å². The van der Waals surface area contributed by atoms with Gasteiger partial charge in [-0.15, -0.1) is 11.3 Å². The summed E-state index contributed by atoms with van der Waals surface area (Å²) < 4.78 is 0. The maximum atomic E-state index is 12.8. The van der Waals surface area contributed by atoms with E-state index < -0.39 is 0 Å². The number of fused-ring (bicyclic) bond motifs is 1. The molecular formula is C23H23N5OS. The van der Waals surface area contributed by atoms with Crippen molar-refractivity contribution in [2.75, 3.05) is 18.4 Å². The van der Waals surface area contributed by atoms with Crippen molar-refractivity contribution >= 4 is 34.1 Å². The Bertz CT molecular complexity index is 1150. The molecule has 2 N–H and O–H groups in total. The summed E-state index contributed by atoms with van der Waals surface area (Å²) in [7, 11) is 0. The zero-order valence-electron chi connectivity index (χ0n) is 16.8. The number of H-pyrrole nitrogens is 1.